The van der Waals surface area contributed by atoms with E-state index in [4.69, 9.17) is 4.74 Å². The van der Waals surface area contributed by atoms with Gasteiger partial charge < -0.3 is 10.1 Å². The summed E-state index contributed by atoms with van der Waals surface area (Å²) in [5.74, 6) is 0. The van der Waals surface area contributed by atoms with Crippen molar-refractivity contribution in [2.24, 2.45) is 5.41 Å². The molecule has 0 aliphatic heterocycles. The Morgan fingerprint density at radius 1 is 1.10 bits per heavy atom. The number of amides is 1. The molecule has 0 aromatic heterocycles. The van der Waals surface area contributed by atoms with Crippen LogP contribution in [0, 0.1) is 5.41 Å². The van der Waals surface area contributed by atoms with Crippen LogP contribution in [0.4, 0.5) is 4.79 Å². The highest BCUT2D eigenvalue weighted by Crippen LogP contribution is 2.21. The molecule has 20 heavy (non-hydrogen) atoms. The van der Waals surface area contributed by atoms with Crippen molar-refractivity contribution in [2.75, 3.05) is 0 Å². The van der Waals surface area contributed by atoms with Crippen molar-refractivity contribution in [3.05, 3.63) is 35.4 Å². The summed E-state index contributed by atoms with van der Waals surface area (Å²) in [7, 11) is 0. The lowest BCUT2D eigenvalue weighted by molar-refractivity contribution is 0.131. The molecule has 0 spiro atoms. The summed E-state index contributed by atoms with van der Waals surface area (Å²) in [6.45, 7) is 12.7. The summed E-state index contributed by atoms with van der Waals surface area (Å²) in [4.78, 5) is 11.6. The zero-order chi connectivity index (χ0) is 15.4. The zero-order valence-electron chi connectivity index (χ0n) is 13.5. The number of ether oxygens (including phenoxy) is 1. The van der Waals surface area contributed by atoms with Gasteiger partial charge in [0.25, 0.3) is 0 Å². The molecular formula is C17H27NO2. The van der Waals surface area contributed by atoms with Crippen LogP contribution in [0.1, 0.15) is 52.7 Å². The Morgan fingerprint density at radius 2 is 1.70 bits per heavy atom. The average molecular weight is 277 g/mol. The lowest BCUT2D eigenvalue weighted by Gasteiger charge is -2.20. The van der Waals surface area contributed by atoms with E-state index in [1.165, 1.54) is 5.56 Å². The van der Waals surface area contributed by atoms with Crippen LogP contribution in [0.5, 0.6) is 0 Å². The van der Waals surface area contributed by atoms with Crippen LogP contribution in [-0.2, 0) is 17.8 Å². The molecule has 0 heterocycles. The van der Waals surface area contributed by atoms with Gasteiger partial charge in [0, 0.05) is 5.54 Å². The van der Waals surface area contributed by atoms with Crippen molar-refractivity contribution in [3.8, 4) is 0 Å². The molecule has 1 aromatic carbocycles. The maximum absolute atomic E-state index is 11.6. The van der Waals surface area contributed by atoms with Gasteiger partial charge in [-0.15, -0.1) is 0 Å². The van der Waals surface area contributed by atoms with Crippen LogP contribution in [0.25, 0.3) is 0 Å². The summed E-state index contributed by atoms with van der Waals surface area (Å²) >= 11 is 0. The molecule has 0 fully saturated rings. The van der Waals surface area contributed by atoms with Crippen LogP contribution >= 0.6 is 0 Å². The van der Waals surface area contributed by atoms with Gasteiger partial charge in [-0.05, 0) is 43.7 Å². The number of nitrogens with one attached hydrogen (secondary N) is 1. The van der Waals surface area contributed by atoms with Gasteiger partial charge in [-0.2, -0.15) is 0 Å². The SMILES string of the molecule is CC(C)(C)Cc1cccc(COC(=O)NC(C)(C)C)c1. The summed E-state index contributed by atoms with van der Waals surface area (Å²) in [6.07, 6.45) is 0.633. The van der Waals surface area contributed by atoms with Crippen molar-refractivity contribution >= 4 is 6.09 Å². The highest BCUT2D eigenvalue weighted by atomic mass is 16.5. The summed E-state index contributed by atoms with van der Waals surface area (Å²) in [5.41, 5.74) is 2.28. The molecule has 0 atom stereocenters. The predicted molar refractivity (Wildman–Crippen MR) is 82.7 cm³/mol. The Balaban J connectivity index is 2.57. The summed E-state index contributed by atoms with van der Waals surface area (Å²) in [5, 5.41) is 2.78. The number of benzene rings is 1. The zero-order valence-corrected chi connectivity index (χ0v) is 13.5. The number of rotatable bonds is 3. The quantitative estimate of drug-likeness (QED) is 0.894. The second-order valence-corrected chi connectivity index (χ2v) is 7.51. The largest absolute Gasteiger partial charge is 0.445 e. The first-order valence-corrected chi connectivity index (χ1v) is 7.08. The number of carbonyl (C=O) groups is 1. The van der Waals surface area contributed by atoms with E-state index in [2.05, 4.69) is 38.2 Å². The van der Waals surface area contributed by atoms with Crippen molar-refractivity contribution in [3.63, 3.8) is 0 Å². The number of carbonyl (C=O) groups excluding carboxylic acids is 1. The maximum atomic E-state index is 11.6. The van der Waals surface area contributed by atoms with Gasteiger partial charge in [0.2, 0.25) is 0 Å². The van der Waals surface area contributed by atoms with Crippen LogP contribution < -0.4 is 5.32 Å². The Bertz CT molecular complexity index is 453. The van der Waals surface area contributed by atoms with Gasteiger partial charge in [-0.1, -0.05) is 45.0 Å². The highest BCUT2D eigenvalue weighted by Gasteiger charge is 2.15. The van der Waals surface area contributed by atoms with E-state index >= 15 is 0 Å². The van der Waals surface area contributed by atoms with Gasteiger partial charge in [0.15, 0.2) is 0 Å². The highest BCUT2D eigenvalue weighted by molar-refractivity contribution is 5.68. The van der Waals surface area contributed by atoms with E-state index < -0.39 is 0 Å². The Labute approximate surface area is 122 Å². The molecule has 0 bridgehead atoms. The molecule has 0 saturated heterocycles. The van der Waals surface area contributed by atoms with E-state index in [1.807, 2.05) is 32.9 Å². The number of alkyl carbamates (subject to hydrolysis) is 1. The van der Waals surface area contributed by atoms with Crippen molar-refractivity contribution < 1.29 is 9.53 Å². The number of hydrogen-bond acceptors (Lipinski definition) is 2. The normalized spacial score (nSPS) is 12.1. The third-order valence-corrected chi connectivity index (χ3v) is 2.57. The maximum Gasteiger partial charge on any atom is 0.407 e. The predicted octanol–water partition coefficient (Wildman–Crippen LogP) is 4.30. The van der Waals surface area contributed by atoms with E-state index in [1.54, 1.807) is 0 Å². The molecule has 112 valence electrons. The average Bonchev–Trinajstić information content (AvgIpc) is 2.22. The second-order valence-electron chi connectivity index (χ2n) is 7.51. The first-order chi connectivity index (χ1) is 9.05. The van der Waals surface area contributed by atoms with E-state index in [0.29, 0.717) is 6.61 Å². The standard InChI is InChI=1S/C17H27NO2/c1-16(2,3)11-13-8-7-9-14(10-13)12-20-15(19)18-17(4,5)6/h7-10H,11-12H2,1-6H3,(H,18,19). The van der Waals surface area contributed by atoms with Crippen LogP contribution in [0.15, 0.2) is 24.3 Å². The van der Waals surface area contributed by atoms with E-state index in [9.17, 15) is 4.79 Å². The van der Waals surface area contributed by atoms with E-state index in [0.717, 1.165) is 12.0 Å². The van der Waals surface area contributed by atoms with Crippen LogP contribution in [-0.4, -0.2) is 11.6 Å². The molecule has 3 heteroatoms. The molecular weight excluding hydrogens is 250 g/mol. The first-order valence-electron chi connectivity index (χ1n) is 7.08. The topological polar surface area (TPSA) is 38.3 Å². The number of hydrogen-bond donors (Lipinski definition) is 1. The van der Waals surface area contributed by atoms with E-state index in [-0.39, 0.29) is 17.0 Å². The van der Waals surface area contributed by atoms with Gasteiger partial charge in [0.05, 0.1) is 0 Å². The molecule has 3 nitrogen and oxygen atoms in total. The van der Waals surface area contributed by atoms with Crippen LogP contribution in [0.2, 0.25) is 0 Å². The van der Waals surface area contributed by atoms with Crippen LogP contribution in [0.3, 0.4) is 0 Å². The third kappa shape index (κ3) is 7.17. The van der Waals surface area contributed by atoms with Gasteiger partial charge in [-0.25, -0.2) is 4.79 Å². The molecule has 0 radical (unpaired) electrons. The minimum absolute atomic E-state index is 0.253. The van der Waals surface area contributed by atoms with Gasteiger partial charge in [0.1, 0.15) is 6.61 Å². The van der Waals surface area contributed by atoms with Crippen molar-refractivity contribution in [2.45, 2.75) is 60.1 Å². The lowest BCUT2D eigenvalue weighted by atomic mass is 9.88. The Hall–Kier alpha value is -1.51. The molecule has 1 N–H and O–H groups in total. The fraction of sp³-hybridized carbons (Fsp3) is 0.588. The smallest absolute Gasteiger partial charge is 0.407 e. The Morgan fingerprint density at radius 3 is 2.25 bits per heavy atom. The van der Waals surface area contributed by atoms with Gasteiger partial charge in [-0.3, -0.25) is 0 Å². The fourth-order valence-corrected chi connectivity index (χ4v) is 1.93. The molecule has 0 unspecified atom stereocenters. The lowest BCUT2D eigenvalue weighted by Crippen LogP contribution is -2.40. The first kappa shape index (κ1) is 16.5. The molecule has 0 aliphatic rings. The molecule has 1 aromatic rings. The molecule has 0 aliphatic carbocycles. The van der Waals surface area contributed by atoms with Crippen molar-refractivity contribution in [1.29, 1.82) is 0 Å². The Kier molecular flexibility index (Phi) is 5.21. The molecule has 0 saturated carbocycles. The summed E-state index contributed by atoms with van der Waals surface area (Å²) in [6, 6.07) is 8.22. The molecule has 1 rings (SSSR count). The monoisotopic (exact) mass is 277 g/mol. The minimum atomic E-state index is -0.376. The fourth-order valence-electron chi connectivity index (χ4n) is 1.93. The minimum Gasteiger partial charge on any atom is -0.445 e. The van der Waals surface area contributed by atoms with Crippen molar-refractivity contribution in [1.82, 2.24) is 5.32 Å². The van der Waals surface area contributed by atoms with Gasteiger partial charge >= 0.3 is 6.09 Å². The molecule has 1 amide bonds. The summed E-state index contributed by atoms with van der Waals surface area (Å²) < 4.78 is 5.24. The second kappa shape index (κ2) is 6.29. The third-order valence-electron chi connectivity index (χ3n) is 2.57.